The Labute approximate surface area is 198 Å². The molecule has 1 aliphatic rings. The lowest BCUT2D eigenvalue weighted by Gasteiger charge is -2.09. The lowest BCUT2D eigenvalue weighted by Crippen LogP contribution is -2.18. The van der Waals surface area contributed by atoms with Gasteiger partial charge in [0, 0.05) is 15.5 Å². The van der Waals surface area contributed by atoms with Gasteiger partial charge in [-0.1, -0.05) is 41.3 Å². The number of hydrogen-bond donors (Lipinski definition) is 2. The van der Waals surface area contributed by atoms with Crippen LogP contribution in [0.15, 0.2) is 64.6 Å². The highest BCUT2D eigenvalue weighted by atomic mass is 35.5. The second kappa shape index (κ2) is 9.47. The molecule has 1 fully saturated rings. The Kier molecular flexibility index (Phi) is 6.28. The third kappa shape index (κ3) is 4.89. The second-order valence-corrected chi connectivity index (χ2v) is 9.87. The molecule has 2 aromatic carbocycles. The van der Waals surface area contributed by atoms with Crippen molar-refractivity contribution in [2.75, 3.05) is 11.9 Å². The summed E-state index contributed by atoms with van der Waals surface area (Å²) < 4.78 is 14.4. The molecule has 2 N–H and O–H groups in total. The van der Waals surface area contributed by atoms with E-state index in [-0.39, 0.29) is 11.9 Å². The van der Waals surface area contributed by atoms with E-state index in [0.29, 0.717) is 10.8 Å². The normalized spacial score (nSPS) is 15.5. The minimum absolute atomic E-state index is 0.267. The van der Waals surface area contributed by atoms with Crippen LogP contribution in [0.3, 0.4) is 0 Å². The highest BCUT2D eigenvalue weighted by molar-refractivity contribution is 7.99. The van der Waals surface area contributed by atoms with E-state index >= 15 is 0 Å². The number of fused-ring (bicyclic) bond motifs is 1. The van der Waals surface area contributed by atoms with Gasteiger partial charge < -0.3 is 10.6 Å². The van der Waals surface area contributed by atoms with Crippen LogP contribution in [0, 0.1) is 17.7 Å². The minimum atomic E-state index is -0.267. The van der Waals surface area contributed by atoms with Gasteiger partial charge in [-0.15, -0.1) is 11.3 Å². The molecule has 1 atom stereocenters. The fraction of sp³-hybridized carbons (Fsp3) is 0.167. The van der Waals surface area contributed by atoms with Crippen molar-refractivity contribution in [2.45, 2.75) is 28.7 Å². The standard InChI is InChI=1S/C24H18ClFN4S2/c25-20-12-17(7-9-22(20)31-18-5-1-3-15(26)11-18)30-24-23-21(28-14-29-24)13-19(32-23)8-6-16-4-2-10-27-16/h1,3,5,7,9,11-14,16,27H,2,4,10H2,(H,28,29,30)/t16-/m0/s1. The van der Waals surface area contributed by atoms with Gasteiger partial charge in [-0.25, -0.2) is 14.4 Å². The summed E-state index contributed by atoms with van der Waals surface area (Å²) in [7, 11) is 0. The topological polar surface area (TPSA) is 49.8 Å². The van der Waals surface area contributed by atoms with Crippen LogP contribution in [0.25, 0.3) is 10.2 Å². The number of anilines is 2. The first-order chi connectivity index (χ1) is 15.6. The minimum Gasteiger partial charge on any atom is -0.339 e. The average molecular weight is 481 g/mol. The largest absolute Gasteiger partial charge is 0.339 e. The van der Waals surface area contributed by atoms with Crippen LogP contribution in [0.2, 0.25) is 5.02 Å². The van der Waals surface area contributed by atoms with Crippen molar-refractivity contribution >= 4 is 56.4 Å². The molecule has 0 bridgehead atoms. The first kappa shape index (κ1) is 21.2. The van der Waals surface area contributed by atoms with Crippen LogP contribution < -0.4 is 10.6 Å². The fourth-order valence-corrected chi connectivity index (χ4v) is 5.50. The summed E-state index contributed by atoms with van der Waals surface area (Å²) in [5, 5.41) is 7.31. The van der Waals surface area contributed by atoms with Crippen LogP contribution in [0.1, 0.15) is 17.7 Å². The molecule has 0 radical (unpaired) electrons. The Morgan fingerprint density at radius 1 is 1.19 bits per heavy atom. The lowest BCUT2D eigenvalue weighted by atomic mass is 10.2. The molecule has 2 aromatic heterocycles. The maximum absolute atomic E-state index is 13.5. The van der Waals surface area contributed by atoms with Gasteiger partial charge in [-0.05, 0) is 61.9 Å². The van der Waals surface area contributed by atoms with Crippen molar-refractivity contribution in [2.24, 2.45) is 0 Å². The summed E-state index contributed by atoms with van der Waals surface area (Å²) in [5.41, 5.74) is 1.68. The fourth-order valence-electron chi connectivity index (χ4n) is 3.43. The van der Waals surface area contributed by atoms with Crippen molar-refractivity contribution in [3.8, 4) is 11.8 Å². The molecule has 5 rings (SSSR count). The van der Waals surface area contributed by atoms with E-state index in [1.54, 1.807) is 23.7 Å². The van der Waals surface area contributed by atoms with Gasteiger partial charge in [0.15, 0.2) is 5.82 Å². The van der Waals surface area contributed by atoms with Crippen molar-refractivity contribution in [1.29, 1.82) is 0 Å². The maximum Gasteiger partial charge on any atom is 0.151 e. The number of rotatable bonds is 4. The first-order valence-electron chi connectivity index (χ1n) is 10.1. The molecule has 4 aromatic rings. The number of nitrogens with zero attached hydrogens (tertiary/aromatic N) is 2. The molecule has 1 saturated heterocycles. The molecule has 0 amide bonds. The molecule has 0 saturated carbocycles. The third-order valence-electron chi connectivity index (χ3n) is 4.96. The first-order valence-corrected chi connectivity index (χ1v) is 12.1. The molecule has 3 heterocycles. The van der Waals surface area contributed by atoms with Crippen molar-refractivity contribution in [1.82, 2.24) is 15.3 Å². The summed E-state index contributed by atoms with van der Waals surface area (Å²) in [6.07, 6.45) is 3.81. The van der Waals surface area contributed by atoms with Gasteiger partial charge in [0.1, 0.15) is 12.1 Å². The molecule has 32 heavy (non-hydrogen) atoms. The summed E-state index contributed by atoms with van der Waals surface area (Å²) in [5.74, 6) is 7.02. The Bertz CT molecular complexity index is 1340. The number of nitrogens with one attached hydrogen (secondary N) is 2. The number of aromatic nitrogens is 2. The summed E-state index contributed by atoms with van der Waals surface area (Å²) in [4.78, 5) is 11.4. The average Bonchev–Trinajstić information content (AvgIpc) is 3.44. The van der Waals surface area contributed by atoms with Gasteiger partial charge in [0.05, 0.1) is 26.2 Å². The van der Waals surface area contributed by atoms with Gasteiger partial charge >= 0.3 is 0 Å². The Morgan fingerprint density at radius 3 is 2.94 bits per heavy atom. The summed E-state index contributed by atoms with van der Waals surface area (Å²) in [6.45, 7) is 1.04. The van der Waals surface area contributed by atoms with Gasteiger partial charge in [-0.2, -0.15) is 0 Å². The molecule has 1 aliphatic heterocycles. The predicted octanol–water partition coefficient (Wildman–Crippen LogP) is 6.48. The molecule has 4 nitrogen and oxygen atoms in total. The molecule has 8 heteroatoms. The maximum atomic E-state index is 13.5. The highest BCUT2D eigenvalue weighted by Gasteiger charge is 2.12. The van der Waals surface area contributed by atoms with Crippen LogP contribution in [0.5, 0.6) is 0 Å². The summed E-state index contributed by atoms with van der Waals surface area (Å²) in [6, 6.07) is 14.4. The molecular formula is C24H18ClFN4S2. The van der Waals surface area contributed by atoms with Crippen LogP contribution in [-0.4, -0.2) is 22.6 Å². The van der Waals surface area contributed by atoms with Crippen molar-refractivity contribution in [3.63, 3.8) is 0 Å². The number of hydrogen-bond acceptors (Lipinski definition) is 6. The summed E-state index contributed by atoms with van der Waals surface area (Å²) >= 11 is 9.50. The van der Waals surface area contributed by atoms with E-state index in [1.807, 2.05) is 30.3 Å². The molecule has 0 aliphatic carbocycles. The molecular weight excluding hydrogens is 463 g/mol. The van der Waals surface area contributed by atoms with Crippen LogP contribution in [0.4, 0.5) is 15.9 Å². The Morgan fingerprint density at radius 2 is 2.12 bits per heavy atom. The second-order valence-electron chi connectivity index (χ2n) is 7.30. The predicted molar refractivity (Wildman–Crippen MR) is 131 cm³/mol. The van der Waals surface area contributed by atoms with Crippen LogP contribution in [-0.2, 0) is 0 Å². The monoisotopic (exact) mass is 480 g/mol. The Balaban J connectivity index is 1.36. The molecule has 0 spiro atoms. The quantitative estimate of drug-likeness (QED) is 0.327. The SMILES string of the molecule is Fc1cccc(Sc2ccc(Nc3ncnc4cc(C#C[C@@H]5CCCN5)sc34)cc2Cl)c1. The molecule has 0 unspecified atom stereocenters. The van der Waals surface area contributed by atoms with E-state index in [0.717, 1.165) is 43.5 Å². The lowest BCUT2D eigenvalue weighted by molar-refractivity contribution is 0.624. The van der Waals surface area contributed by atoms with E-state index < -0.39 is 0 Å². The van der Waals surface area contributed by atoms with E-state index in [1.165, 1.54) is 30.3 Å². The van der Waals surface area contributed by atoms with Gasteiger partial charge in [-0.3, -0.25) is 0 Å². The van der Waals surface area contributed by atoms with Crippen molar-refractivity contribution < 1.29 is 4.39 Å². The van der Waals surface area contributed by atoms with E-state index in [2.05, 4.69) is 32.4 Å². The Hall–Kier alpha value is -2.63. The van der Waals surface area contributed by atoms with E-state index in [4.69, 9.17) is 11.6 Å². The number of halogens is 2. The van der Waals surface area contributed by atoms with Crippen LogP contribution >= 0.6 is 34.7 Å². The van der Waals surface area contributed by atoms with E-state index in [9.17, 15) is 4.39 Å². The zero-order valence-electron chi connectivity index (χ0n) is 16.9. The number of benzene rings is 2. The van der Waals surface area contributed by atoms with Gasteiger partial charge in [0.2, 0.25) is 0 Å². The highest BCUT2D eigenvalue weighted by Crippen LogP contribution is 2.36. The van der Waals surface area contributed by atoms with Gasteiger partial charge in [0.25, 0.3) is 0 Å². The molecule has 160 valence electrons. The zero-order chi connectivity index (χ0) is 21.9. The smallest absolute Gasteiger partial charge is 0.151 e. The third-order valence-corrected chi connectivity index (χ3v) is 7.50. The zero-order valence-corrected chi connectivity index (χ0v) is 19.3. The van der Waals surface area contributed by atoms with Crippen molar-refractivity contribution in [3.05, 3.63) is 70.6 Å². The number of thiophene rings is 1.